The minimum atomic E-state index is -0.117. The topological polar surface area (TPSA) is 78.1 Å². The number of benzene rings is 1. The predicted molar refractivity (Wildman–Crippen MR) is 105 cm³/mol. The molecule has 140 valence electrons. The number of piperidine rings is 1. The molecule has 0 radical (unpaired) electrons. The number of rotatable bonds is 6. The van der Waals surface area contributed by atoms with Crippen molar-refractivity contribution in [2.45, 2.75) is 32.2 Å². The van der Waals surface area contributed by atoms with Crippen molar-refractivity contribution in [1.29, 1.82) is 0 Å². The number of hydrogen-bond donors (Lipinski definition) is 2. The minimum Gasteiger partial charge on any atom is -0.346 e. The van der Waals surface area contributed by atoms with E-state index in [1.807, 2.05) is 29.2 Å². The second kappa shape index (κ2) is 8.58. The minimum absolute atomic E-state index is 0.0354. The summed E-state index contributed by atoms with van der Waals surface area (Å²) in [5.41, 5.74) is 1.90. The standard InChI is InChI=1S/C19H26N4O2S/c1-13(24)23-10-7-14(8-11-23)19(25)22-17(9-12-26-2)18-20-15-5-3-4-6-16(15)21-18/h3-6,14,17H,7-12H2,1-2H3,(H,20,21)(H,22,25)/t17-/m1/s1. The Morgan fingerprint density at radius 3 is 2.73 bits per heavy atom. The van der Waals surface area contributed by atoms with E-state index in [1.54, 1.807) is 18.7 Å². The fourth-order valence-corrected chi connectivity index (χ4v) is 3.87. The van der Waals surface area contributed by atoms with Crippen LogP contribution in [0.3, 0.4) is 0 Å². The first-order valence-corrected chi connectivity index (χ1v) is 10.5. The molecule has 0 bridgehead atoms. The summed E-state index contributed by atoms with van der Waals surface area (Å²) in [6.45, 7) is 2.90. The molecule has 0 spiro atoms. The average Bonchev–Trinajstić information content (AvgIpc) is 3.09. The van der Waals surface area contributed by atoms with Gasteiger partial charge < -0.3 is 15.2 Å². The van der Waals surface area contributed by atoms with Gasteiger partial charge in [0.1, 0.15) is 5.82 Å². The van der Waals surface area contributed by atoms with Crippen LogP contribution in [0.2, 0.25) is 0 Å². The van der Waals surface area contributed by atoms with Gasteiger partial charge >= 0.3 is 0 Å². The summed E-state index contributed by atoms with van der Waals surface area (Å²) in [5, 5.41) is 3.19. The zero-order chi connectivity index (χ0) is 18.5. The third kappa shape index (κ3) is 4.38. The summed E-state index contributed by atoms with van der Waals surface area (Å²) in [6, 6.07) is 7.79. The first-order valence-electron chi connectivity index (χ1n) is 9.08. The zero-order valence-corrected chi connectivity index (χ0v) is 16.1. The number of hydrogen-bond acceptors (Lipinski definition) is 4. The van der Waals surface area contributed by atoms with Gasteiger partial charge in [0.25, 0.3) is 0 Å². The molecule has 1 atom stereocenters. The van der Waals surface area contributed by atoms with Crippen molar-refractivity contribution in [2.75, 3.05) is 25.1 Å². The van der Waals surface area contributed by atoms with Crippen molar-refractivity contribution in [2.24, 2.45) is 5.92 Å². The Hall–Kier alpha value is -2.02. The molecule has 6 nitrogen and oxygen atoms in total. The Bertz CT molecular complexity index is 735. The van der Waals surface area contributed by atoms with Gasteiger partial charge in [0.2, 0.25) is 11.8 Å². The molecule has 1 aromatic carbocycles. The summed E-state index contributed by atoms with van der Waals surface area (Å²) in [5.74, 6) is 1.88. The van der Waals surface area contributed by atoms with Crippen LogP contribution in [0.25, 0.3) is 11.0 Å². The predicted octanol–water partition coefficient (Wildman–Crippen LogP) is 2.73. The molecule has 2 amide bonds. The second-order valence-electron chi connectivity index (χ2n) is 6.76. The number of imidazole rings is 1. The molecule has 1 aliphatic heterocycles. The van der Waals surface area contributed by atoms with Gasteiger partial charge in [-0.3, -0.25) is 9.59 Å². The van der Waals surface area contributed by atoms with E-state index in [-0.39, 0.29) is 23.8 Å². The molecule has 0 saturated carbocycles. The molecule has 0 unspecified atom stereocenters. The summed E-state index contributed by atoms with van der Waals surface area (Å²) < 4.78 is 0. The molecule has 1 fully saturated rings. The summed E-state index contributed by atoms with van der Waals surface area (Å²) in [4.78, 5) is 34.1. The van der Waals surface area contributed by atoms with E-state index in [0.29, 0.717) is 13.1 Å². The lowest BCUT2D eigenvalue weighted by Crippen LogP contribution is -2.43. The van der Waals surface area contributed by atoms with Crippen molar-refractivity contribution in [1.82, 2.24) is 20.2 Å². The number of carbonyl (C=O) groups is 2. The number of amides is 2. The Morgan fingerprint density at radius 1 is 1.35 bits per heavy atom. The normalized spacial score (nSPS) is 16.6. The SMILES string of the molecule is CSCC[C@@H](NC(=O)C1CCN(C(C)=O)CC1)c1nc2ccccc2[nH]1. The van der Waals surface area contributed by atoms with E-state index in [4.69, 9.17) is 0 Å². The molecular weight excluding hydrogens is 348 g/mol. The van der Waals surface area contributed by atoms with Crippen LogP contribution in [0.5, 0.6) is 0 Å². The fraction of sp³-hybridized carbons (Fsp3) is 0.526. The van der Waals surface area contributed by atoms with Crippen molar-refractivity contribution in [3.05, 3.63) is 30.1 Å². The Labute approximate surface area is 158 Å². The average molecular weight is 375 g/mol. The number of aromatic amines is 1. The van der Waals surface area contributed by atoms with Crippen molar-refractivity contribution >= 4 is 34.6 Å². The molecule has 7 heteroatoms. The first-order chi connectivity index (χ1) is 12.6. The van der Waals surface area contributed by atoms with Crippen LogP contribution in [-0.2, 0) is 9.59 Å². The highest BCUT2D eigenvalue weighted by molar-refractivity contribution is 7.98. The number of thioether (sulfide) groups is 1. The Kier molecular flexibility index (Phi) is 6.19. The van der Waals surface area contributed by atoms with Gasteiger partial charge in [-0.1, -0.05) is 12.1 Å². The van der Waals surface area contributed by atoms with Crippen LogP contribution in [-0.4, -0.2) is 51.8 Å². The molecule has 2 heterocycles. The van der Waals surface area contributed by atoms with Gasteiger partial charge in [-0.25, -0.2) is 4.98 Å². The van der Waals surface area contributed by atoms with Crippen LogP contribution in [0, 0.1) is 5.92 Å². The number of likely N-dealkylation sites (tertiary alicyclic amines) is 1. The number of fused-ring (bicyclic) bond motifs is 1. The maximum atomic E-state index is 12.8. The van der Waals surface area contributed by atoms with Gasteiger partial charge in [0.15, 0.2) is 0 Å². The molecule has 3 rings (SSSR count). The number of nitrogens with one attached hydrogen (secondary N) is 2. The lowest BCUT2D eigenvalue weighted by atomic mass is 9.95. The number of carbonyl (C=O) groups excluding carboxylic acids is 2. The zero-order valence-electron chi connectivity index (χ0n) is 15.3. The van der Waals surface area contributed by atoms with Gasteiger partial charge in [-0.05, 0) is 43.4 Å². The Balaban J connectivity index is 1.68. The summed E-state index contributed by atoms with van der Waals surface area (Å²) >= 11 is 1.76. The highest BCUT2D eigenvalue weighted by Gasteiger charge is 2.28. The number of aromatic nitrogens is 2. The van der Waals surface area contributed by atoms with Gasteiger partial charge in [-0.15, -0.1) is 0 Å². The van der Waals surface area contributed by atoms with Crippen molar-refractivity contribution < 1.29 is 9.59 Å². The van der Waals surface area contributed by atoms with Gasteiger partial charge in [-0.2, -0.15) is 11.8 Å². The molecule has 2 aromatic rings. The monoisotopic (exact) mass is 374 g/mol. The smallest absolute Gasteiger partial charge is 0.223 e. The Morgan fingerprint density at radius 2 is 2.08 bits per heavy atom. The summed E-state index contributed by atoms with van der Waals surface area (Å²) in [7, 11) is 0. The van der Waals surface area contributed by atoms with E-state index in [2.05, 4.69) is 21.5 Å². The summed E-state index contributed by atoms with van der Waals surface area (Å²) in [6.07, 6.45) is 4.34. The van der Waals surface area contributed by atoms with E-state index < -0.39 is 0 Å². The number of H-pyrrole nitrogens is 1. The molecular formula is C19H26N4O2S. The van der Waals surface area contributed by atoms with E-state index in [1.165, 1.54) is 0 Å². The molecule has 2 N–H and O–H groups in total. The third-order valence-corrected chi connectivity index (χ3v) is 5.62. The highest BCUT2D eigenvalue weighted by atomic mass is 32.2. The quantitative estimate of drug-likeness (QED) is 0.815. The van der Waals surface area contributed by atoms with Crippen LogP contribution < -0.4 is 5.32 Å². The highest BCUT2D eigenvalue weighted by Crippen LogP contribution is 2.23. The maximum absolute atomic E-state index is 12.8. The number of nitrogens with zero attached hydrogens (tertiary/aromatic N) is 2. The largest absolute Gasteiger partial charge is 0.346 e. The van der Waals surface area contributed by atoms with E-state index in [9.17, 15) is 9.59 Å². The lowest BCUT2D eigenvalue weighted by Gasteiger charge is -2.31. The van der Waals surface area contributed by atoms with Crippen molar-refractivity contribution in [3.63, 3.8) is 0 Å². The molecule has 0 aliphatic carbocycles. The molecule has 1 aliphatic rings. The van der Waals surface area contributed by atoms with Gasteiger partial charge in [0.05, 0.1) is 17.1 Å². The molecule has 1 aromatic heterocycles. The van der Waals surface area contributed by atoms with Crippen LogP contribution in [0.15, 0.2) is 24.3 Å². The van der Waals surface area contributed by atoms with Crippen LogP contribution in [0.1, 0.15) is 38.1 Å². The van der Waals surface area contributed by atoms with Crippen LogP contribution >= 0.6 is 11.8 Å². The second-order valence-corrected chi connectivity index (χ2v) is 7.75. The third-order valence-electron chi connectivity index (χ3n) is 4.98. The van der Waals surface area contributed by atoms with Gasteiger partial charge in [0, 0.05) is 25.9 Å². The van der Waals surface area contributed by atoms with E-state index >= 15 is 0 Å². The molecule has 26 heavy (non-hydrogen) atoms. The fourth-order valence-electron chi connectivity index (χ4n) is 3.40. The maximum Gasteiger partial charge on any atom is 0.223 e. The van der Waals surface area contributed by atoms with E-state index in [0.717, 1.165) is 41.9 Å². The lowest BCUT2D eigenvalue weighted by molar-refractivity contribution is -0.134. The number of para-hydroxylation sites is 2. The van der Waals surface area contributed by atoms with Crippen molar-refractivity contribution in [3.8, 4) is 0 Å². The molecule has 1 saturated heterocycles. The first kappa shape index (κ1) is 18.8. The van der Waals surface area contributed by atoms with Crippen LogP contribution in [0.4, 0.5) is 0 Å².